The minimum Gasteiger partial charge on any atom is -0.392 e. The summed E-state index contributed by atoms with van der Waals surface area (Å²) in [6.07, 6.45) is 2.90. The quantitative estimate of drug-likeness (QED) is 0.549. The van der Waals surface area contributed by atoms with Gasteiger partial charge in [-0.2, -0.15) is 0 Å². The van der Waals surface area contributed by atoms with Crippen LogP contribution in [-0.2, 0) is 11.3 Å². The number of hydrogen-bond acceptors (Lipinski definition) is 7. The van der Waals surface area contributed by atoms with Crippen LogP contribution >= 0.6 is 11.6 Å². The molecule has 1 saturated heterocycles. The van der Waals surface area contributed by atoms with Crippen molar-refractivity contribution >= 4 is 28.5 Å². The van der Waals surface area contributed by atoms with Crippen LogP contribution in [0.2, 0.25) is 5.02 Å². The normalized spacial score (nSPS) is 19.2. The van der Waals surface area contributed by atoms with Crippen LogP contribution in [-0.4, -0.2) is 50.5 Å². The van der Waals surface area contributed by atoms with Gasteiger partial charge in [0, 0.05) is 23.8 Å². The standard InChI is InChI=1S/C22H24ClFN4O3/c1-11(2)19-13(9-29)7-25-21-14(19)5-12(6-16(21)24)20-15(23)8-26-22(28-20)27-17-3-4-31-10-18(17)30/h5-8,11,17-18,29-30H,3-4,9-10H2,1-2H3,(H,26,27,28)/t17-,18+/m1/s1. The summed E-state index contributed by atoms with van der Waals surface area (Å²) in [5.74, 6) is -0.157. The summed E-state index contributed by atoms with van der Waals surface area (Å²) in [4.78, 5) is 12.9. The van der Waals surface area contributed by atoms with Gasteiger partial charge < -0.3 is 20.3 Å². The molecule has 164 valence electrons. The summed E-state index contributed by atoms with van der Waals surface area (Å²) in [5.41, 5.74) is 2.57. The molecule has 1 aliphatic rings. The van der Waals surface area contributed by atoms with Crippen LogP contribution in [0.5, 0.6) is 0 Å². The third-order valence-corrected chi connectivity index (χ3v) is 5.73. The first kappa shape index (κ1) is 21.8. The Bertz CT molecular complexity index is 1110. The Kier molecular flexibility index (Phi) is 6.34. The van der Waals surface area contributed by atoms with Gasteiger partial charge in [-0.25, -0.2) is 14.4 Å². The molecule has 3 N–H and O–H groups in total. The highest BCUT2D eigenvalue weighted by Gasteiger charge is 2.25. The van der Waals surface area contributed by atoms with Crippen molar-refractivity contribution in [1.82, 2.24) is 15.0 Å². The second-order valence-corrected chi connectivity index (χ2v) is 8.34. The van der Waals surface area contributed by atoms with E-state index < -0.39 is 11.9 Å². The molecule has 0 unspecified atom stereocenters. The monoisotopic (exact) mass is 446 g/mol. The Morgan fingerprint density at radius 2 is 2.10 bits per heavy atom. The highest BCUT2D eigenvalue weighted by atomic mass is 35.5. The van der Waals surface area contributed by atoms with Gasteiger partial charge in [0.1, 0.15) is 11.3 Å². The van der Waals surface area contributed by atoms with Crippen LogP contribution in [0.3, 0.4) is 0 Å². The molecule has 0 radical (unpaired) electrons. The SMILES string of the molecule is CC(C)c1c(CO)cnc2c(F)cc(-c3nc(N[C@@H]4CCOC[C@@H]4O)ncc3Cl)cc12. The van der Waals surface area contributed by atoms with Gasteiger partial charge in [-0.15, -0.1) is 0 Å². The highest BCUT2D eigenvalue weighted by Crippen LogP contribution is 2.35. The number of aliphatic hydroxyl groups is 2. The van der Waals surface area contributed by atoms with E-state index in [0.717, 1.165) is 5.56 Å². The Morgan fingerprint density at radius 1 is 1.29 bits per heavy atom. The van der Waals surface area contributed by atoms with Crippen molar-refractivity contribution in [3.8, 4) is 11.3 Å². The molecular formula is C22H24ClFN4O3. The predicted octanol–water partition coefficient (Wildman–Crippen LogP) is 3.66. The Balaban J connectivity index is 1.80. The molecule has 1 fully saturated rings. The first-order valence-corrected chi connectivity index (χ1v) is 10.5. The molecule has 31 heavy (non-hydrogen) atoms. The number of aliphatic hydroxyl groups excluding tert-OH is 2. The molecule has 2 atom stereocenters. The lowest BCUT2D eigenvalue weighted by atomic mass is 9.93. The number of anilines is 1. The number of nitrogens with zero attached hydrogens (tertiary/aromatic N) is 3. The molecule has 9 heteroatoms. The molecule has 1 aliphatic heterocycles. The average molecular weight is 447 g/mol. The van der Waals surface area contributed by atoms with Crippen molar-refractivity contribution < 1.29 is 19.3 Å². The molecule has 0 amide bonds. The van der Waals surface area contributed by atoms with Gasteiger partial charge in [0.2, 0.25) is 5.95 Å². The van der Waals surface area contributed by atoms with Crippen molar-refractivity contribution in [3.05, 3.63) is 46.5 Å². The number of aromatic nitrogens is 3. The number of nitrogens with one attached hydrogen (secondary N) is 1. The zero-order valence-corrected chi connectivity index (χ0v) is 18.0. The molecule has 1 aromatic carbocycles. The van der Waals surface area contributed by atoms with Crippen LogP contribution in [0.25, 0.3) is 22.2 Å². The van der Waals surface area contributed by atoms with E-state index in [0.29, 0.717) is 35.2 Å². The van der Waals surface area contributed by atoms with Crippen molar-refractivity contribution in [3.63, 3.8) is 0 Å². The highest BCUT2D eigenvalue weighted by molar-refractivity contribution is 6.33. The van der Waals surface area contributed by atoms with Crippen LogP contribution in [0.1, 0.15) is 37.3 Å². The van der Waals surface area contributed by atoms with E-state index >= 15 is 0 Å². The van der Waals surface area contributed by atoms with Gasteiger partial charge in [0.05, 0.1) is 42.3 Å². The molecule has 0 aliphatic carbocycles. The summed E-state index contributed by atoms with van der Waals surface area (Å²) < 4.78 is 20.2. The molecule has 0 saturated carbocycles. The van der Waals surface area contributed by atoms with E-state index in [2.05, 4.69) is 20.3 Å². The number of halogens is 2. The van der Waals surface area contributed by atoms with Crippen LogP contribution in [0.4, 0.5) is 10.3 Å². The maximum Gasteiger partial charge on any atom is 0.223 e. The maximum atomic E-state index is 15.0. The minimum atomic E-state index is -0.675. The third-order valence-electron chi connectivity index (χ3n) is 5.46. The molecule has 3 aromatic rings. The van der Waals surface area contributed by atoms with Crippen LogP contribution in [0.15, 0.2) is 24.5 Å². The van der Waals surface area contributed by atoms with E-state index in [-0.39, 0.29) is 41.7 Å². The van der Waals surface area contributed by atoms with Gasteiger partial charge >= 0.3 is 0 Å². The van der Waals surface area contributed by atoms with Crippen molar-refractivity contribution in [2.75, 3.05) is 18.5 Å². The minimum absolute atomic E-state index is 0.0513. The van der Waals surface area contributed by atoms with Gasteiger partial charge in [-0.3, -0.25) is 4.98 Å². The number of ether oxygens (including phenoxy) is 1. The fraction of sp³-hybridized carbons (Fsp3) is 0.409. The zero-order chi connectivity index (χ0) is 22.1. The number of pyridine rings is 1. The molecule has 2 aromatic heterocycles. The number of benzene rings is 1. The molecule has 7 nitrogen and oxygen atoms in total. The third kappa shape index (κ3) is 4.34. The number of hydrogen-bond donors (Lipinski definition) is 3. The zero-order valence-electron chi connectivity index (χ0n) is 17.3. The molecule has 0 spiro atoms. The van der Waals surface area contributed by atoms with Gasteiger partial charge in [0.25, 0.3) is 0 Å². The number of rotatable bonds is 5. The van der Waals surface area contributed by atoms with Crippen molar-refractivity contribution in [2.45, 2.75) is 44.9 Å². The average Bonchev–Trinajstić information content (AvgIpc) is 2.75. The van der Waals surface area contributed by atoms with E-state index in [1.54, 1.807) is 6.07 Å². The van der Waals surface area contributed by atoms with Crippen molar-refractivity contribution in [2.24, 2.45) is 0 Å². The van der Waals surface area contributed by atoms with Gasteiger partial charge in [-0.1, -0.05) is 25.4 Å². The lowest BCUT2D eigenvalue weighted by Gasteiger charge is -2.28. The smallest absolute Gasteiger partial charge is 0.223 e. The topological polar surface area (TPSA) is 100 Å². The van der Waals surface area contributed by atoms with E-state index in [9.17, 15) is 14.6 Å². The van der Waals surface area contributed by atoms with Crippen LogP contribution < -0.4 is 5.32 Å². The summed E-state index contributed by atoms with van der Waals surface area (Å²) in [5, 5.41) is 23.8. The Morgan fingerprint density at radius 3 is 2.81 bits per heavy atom. The van der Waals surface area contributed by atoms with E-state index in [1.165, 1.54) is 18.5 Å². The molecular weight excluding hydrogens is 423 g/mol. The Labute approximate surface area is 184 Å². The van der Waals surface area contributed by atoms with Gasteiger partial charge in [0.15, 0.2) is 0 Å². The van der Waals surface area contributed by atoms with Crippen molar-refractivity contribution in [1.29, 1.82) is 0 Å². The first-order chi connectivity index (χ1) is 14.9. The molecule has 4 rings (SSSR count). The Hall–Kier alpha value is -2.39. The van der Waals surface area contributed by atoms with Gasteiger partial charge in [-0.05, 0) is 35.6 Å². The summed E-state index contributed by atoms with van der Waals surface area (Å²) in [6.45, 7) is 4.56. The lowest BCUT2D eigenvalue weighted by Crippen LogP contribution is -2.42. The fourth-order valence-electron chi connectivity index (χ4n) is 3.96. The predicted molar refractivity (Wildman–Crippen MR) is 117 cm³/mol. The van der Waals surface area contributed by atoms with E-state index in [4.69, 9.17) is 16.3 Å². The molecule has 0 bridgehead atoms. The summed E-state index contributed by atoms with van der Waals surface area (Å²) in [7, 11) is 0. The lowest BCUT2D eigenvalue weighted by molar-refractivity contribution is -0.0136. The summed E-state index contributed by atoms with van der Waals surface area (Å²) in [6, 6.07) is 2.89. The maximum absolute atomic E-state index is 15.0. The van der Waals surface area contributed by atoms with Crippen LogP contribution in [0, 0.1) is 5.82 Å². The number of fused-ring (bicyclic) bond motifs is 1. The summed E-state index contributed by atoms with van der Waals surface area (Å²) >= 11 is 6.37. The fourth-order valence-corrected chi connectivity index (χ4v) is 4.16. The largest absolute Gasteiger partial charge is 0.392 e. The second-order valence-electron chi connectivity index (χ2n) is 7.94. The first-order valence-electron chi connectivity index (χ1n) is 10.2. The second kappa shape index (κ2) is 9.00. The molecule has 3 heterocycles. The van der Waals surface area contributed by atoms with E-state index in [1.807, 2.05) is 13.8 Å².